The summed E-state index contributed by atoms with van der Waals surface area (Å²) in [6.07, 6.45) is 3.69. The number of aliphatic hydroxyl groups excluding tert-OH is 1. The van der Waals surface area contributed by atoms with Crippen LogP contribution in [0.5, 0.6) is 5.75 Å². The molecule has 1 aliphatic heterocycles. The number of nitrogens with zero attached hydrogens (tertiary/aromatic N) is 1. The molecule has 1 unspecified atom stereocenters. The number of carbonyl (C=O) groups excluding carboxylic acids is 1. The molecule has 1 aromatic rings. The zero-order chi connectivity index (χ0) is 16.5. The second-order valence-corrected chi connectivity index (χ2v) is 5.80. The minimum atomic E-state index is -0.0939. The fraction of sp³-hybridized carbons (Fsp3) is 0.588. The summed E-state index contributed by atoms with van der Waals surface area (Å²) in [6, 6.07) is 7.45. The Morgan fingerprint density at radius 3 is 2.91 bits per heavy atom. The molecule has 3 N–H and O–H groups in total. The molecule has 0 aromatic heterocycles. The van der Waals surface area contributed by atoms with Gasteiger partial charge in [0.25, 0.3) is 0 Å². The first-order valence-corrected chi connectivity index (χ1v) is 8.27. The van der Waals surface area contributed by atoms with Gasteiger partial charge in [0.2, 0.25) is 0 Å². The molecule has 0 radical (unpaired) electrons. The van der Waals surface area contributed by atoms with Crippen molar-refractivity contribution in [2.24, 2.45) is 0 Å². The van der Waals surface area contributed by atoms with E-state index in [0.717, 1.165) is 38.8 Å². The highest BCUT2D eigenvalue weighted by Crippen LogP contribution is 2.23. The van der Waals surface area contributed by atoms with Crippen molar-refractivity contribution >= 4 is 11.7 Å². The van der Waals surface area contributed by atoms with Gasteiger partial charge in [-0.15, -0.1) is 0 Å². The average molecular weight is 321 g/mol. The highest BCUT2D eigenvalue weighted by molar-refractivity contribution is 5.90. The largest absolute Gasteiger partial charge is 0.495 e. The quantitative estimate of drug-likeness (QED) is 0.797. The summed E-state index contributed by atoms with van der Waals surface area (Å²) in [7, 11) is 1.59. The Hall–Kier alpha value is -1.79. The standard InChI is InChI=1S/C17H27N3O3/c1-23-16-9-3-2-8-15(16)19-17(22)20-11-5-4-10-18-14(13-21)7-6-12-20/h2-3,8-9,14,18,21H,4-7,10-13H2,1H3,(H,19,22). The lowest BCUT2D eigenvalue weighted by atomic mass is 10.1. The second kappa shape index (κ2) is 9.37. The van der Waals surface area contributed by atoms with Crippen LogP contribution < -0.4 is 15.4 Å². The average Bonchev–Trinajstić information content (AvgIpc) is 2.59. The number of amides is 2. The molecule has 128 valence electrons. The maximum atomic E-state index is 12.5. The SMILES string of the molecule is COc1ccccc1NC(=O)N1CCCCNC(CO)CCC1. The van der Waals surface area contributed by atoms with E-state index in [0.29, 0.717) is 18.0 Å². The normalized spacial score (nSPS) is 19.9. The van der Waals surface area contributed by atoms with E-state index in [-0.39, 0.29) is 18.7 Å². The smallest absolute Gasteiger partial charge is 0.321 e. The van der Waals surface area contributed by atoms with E-state index < -0.39 is 0 Å². The molecule has 0 aliphatic carbocycles. The number of aliphatic hydroxyl groups is 1. The minimum absolute atomic E-state index is 0.0939. The maximum Gasteiger partial charge on any atom is 0.321 e. The molecule has 2 amide bonds. The third-order valence-electron chi connectivity index (χ3n) is 4.12. The van der Waals surface area contributed by atoms with Crippen molar-refractivity contribution in [2.45, 2.75) is 31.7 Å². The van der Waals surface area contributed by atoms with Gasteiger partial charge in [0, 0.05) is 19.1 Å². The molecule has 1 aromatic carbocycles. The zero-order valence-electron chi connectivity index (χ0n) is 13.8. The molecule has 1 aliphatic rings. The van der Waals surface area contributed by atoms with Gasteiger partial charge in [-0.2, -0.15) is 0 Å². The van der Waals surface area contributed by atoms with Gasteiger partial charge in [0.15, 0.2) is 0 Å². The first-order valence-electron chi connectivity index (χ1n) is 8.27. The number of anilines is 1. The van der Waals surface area contributed by atoms with Gasteiger partial charge < -0.3 is 25.4 Å². The molecular weight excluding hydrogens is 294 g/mol. The molecule has 2 rings (SSSR count). The van der Waals surface area contributed by atoms with Crippen LogP contribution in [0.2, 0.25) is 0 Å². The lowest BCUT2D eigenvalue weighted by molar-refractivity contribution is 0.198. The predicted molar refractivity (Wildman–Crippen MR) is 90.9 cm³/mol. The second-order valence-electron chi connectivity index (χ2n) is 5.80. The summed E-state index contributed by atoms with van der Waals surface area (Å²) < 4.78 is 5.27. The third kappa shape index (κ3) is 5.41. The predicted octanol–water partition coefficient (Wildman–Crippen LogP) is 2.05. The number of benzene rings is 1. The van der Waals surface area contributed by atoms with Crippen molar-refractivity contribution in [3.05, 3.63) is 24.3 Å². The maximum absolute atomic E-state index is 12.5. The molecule has 0 saturated carbocycles. The van der Waals surface area contributed by atoms with Crippen LogP contribution in [0.1, 0.15) is 25.7 Å². The number of hydrogen-bond donors (Lipinski definition) is 3. The van der Waals surface area contributed by atoms with Gasteiger partial charge in [0.05, 0.1) is 19.4 Å². The van der Waals surface area contributed by atoms with E-state index in [1.165, 1.54) is 0 Å². The number of para-hydroxylation sites is 2. The minimum Gasteiger partial charge on any atom is -0.495 e. The number of rotatable bonds is 3. The van der Waals surface area contributed by atoms with Gasteiger partial charge >= 0.3 is 6.03 Å². The molecule has 0 bridgehead atoms. The summed E-state index contributed by atoms with van der Waals surface area (Å²) >= 11 is 0. The monoisotopic (exact) mass is 321 g/mol. The fourth-order valence-corrected chi connectivity index (χ4v) is 2.78. The van der Waals surface area contributed by atoms with Gasteiger partial charge in [-0.05, 0) is 44.4 Å². The van der Waals surface area contributed by atoms with Crippen LogP contribution in [0, 0.1) is 0 Å². The molecule has 6 heteroatoms. The third-order valence-corrected chi connectivity index (χ3v) is 4.12. The van der Waals surface area contributed by atoms with Crippen LogP contribution in [0.15, 0.2) is 24.3 Å². The Morgan fingerprint density at radius 1 is 1.35 bits per heavy atom. The van der Waals surface area contributed by atoms with E-state index in [1.807, 2.05) is 29.2 Å². The molecule has 1 atom stereocenters. The summed E-state index contributed by atoms with van der Waals surface area (Å²) in [5.41, 5.74) is 0.687. The molecule has 1 saturated heterocycles. The molecule has 6 nitrogen and oxygen atoms in total. The van der Waals surface area contributed by atoms with Gasteiger partial charge in [0.1, 0.15) is 5.75 Å². The highest BCUT2D eigenvalue weighted by atomic mass is 16.5. The Kier molecular flexibility index (Phi) is 7.16. The van der Waals surface area contributed by atoms with Gasteiger partial charge in [-0.3, -0.25) is 0 Å². The molecular formula is C17H27N3O3. The molecule has 23 heavy (non-hydrogen) atoms. The van der Waals surface area contributed by atoms with E-state index in [4.69, 9.17) is 4.74 Å². The van der Waals surface area contributed by atoms with Gasteiger partial charge in [-0.25, -0.2) is 4.79 Å². The lowest BCUT2D eigenvalue weighted by Crippen LogP contribution is -2.40. The van der Waals surface area contributed by atoms with Crippen LogP contribution in [0.4, 0.5) is 10.5 Å². The Balaban J connectivity index is 1.95. The van der Waals surface area contributed by atoms with E-state index in [1.54, 1.807) is 7.11 Å². The van der Waals surface area contributed by atoms with Crippen molar-refractivity contribution in [3.63, 3.8) is 0 Å². The van der Waals surface area contributed by atoms with Crippen LogP contribution in [-0.4, -0.2) is 55.4 Å². The lowest BCUT2D eigenvalue weighted by Gasteiger charge is -2.26. The summed E-state index contributed by atoms with van der Waals surface area (Å²) in [5.74, 6) is 0.659. The summed E-state index contributed by atoms with van der Waals surface area (Å²) in [4.78, 5) is 14.4. The van der Waals surface area contributed by atoms with Crippen LogP contribution in [0.3, 0.4) is 0 Å². The Labute approximate surface area is 137 Å². The fourth-order valence-electron chi connectivity index (χ4n) is 2.78. The van der Waals surface area contributed by atoms with Crippen LogP contribution >= 0.6 is 0 Å². The Morgan fingerprint density at radius 2 is 2.13 bits per heavy atom. The summed E-state index contributed by atoms with van der Waals surface area (Å²) in [5, 5.41) is 15.6. The van der Waals surface area contributed by atoms with Crippen molar-refractivity contribution in [3.8, 4) is 5.75 Å². The van der Waals surface area contributed by atoms with Crippen LogP contribution in [0.25, 0.3) is 0 Å². The highest BCUT2D eigenvalue weighted by Gasteiger charge is 2.17. The van der Waals surface area contributed by atoms with E-state index in [2.05, 4.69) is 10.6 Å². The van der Waals surface area contributed by atoms with Crippen molar-refractivity contribution in [2.75, 3.05) is 38.7 Å². The number of hydrogen-bond acceptors (Lipinski definition) is 4. The topological polar surface area (TPSA) is 73.8 Å². The van der Waals surface area contributed by atoms with E-state index in [9.17, 15) is 9.90 Å². The Bertz CT molecular complexity index is 496. The van der Waals surface area contributed by atoms with Gasteiger partial charge in [-0.1, -0.05) is 12.1 Å². The number of nitrogens with one attached hydrogen (secondary N) is 2. The summed E-state index contributed by atoms with van der Waals surface area (Å²) in [6.45, 7) is 2.46. The molecule has 1 heterocycles. The first kappa shape index (κ1) is 17.6. The number of methoxy groups -OCH3 is 1. The van der Waals surface area contributed by atoms with Crippen molar-refractivity contribution < 1.29 is 14.6 Å². The number of ether oxygens (including phenoxy) is 1. The van der Waals surface area contributed by atoms with E-state index >= 15 is 0 Å². The first-order chi connectivity index (χ1) is 11.2. The number of urea groups is 1. The van der Waals surface area contributed by atoms with Crippen molar-refractivity contribution in [1.82, 2.24) is 10.2 Å². The van der Waals surface area contributed by atoms with Crippen molar-refractivity contribution in [1.29, 1.82) is 0 Å². The molecule has 1 fully saturated rings. The molecule has 0 spiro atoms. The van der Waals surface area contributed by atoms with Crippen LogP contribution in [-0.2, 0) is 0 Å². The zero-order valence-corrected chi connectivity index (χ0v) is 13.8. The number of carbonyl (C=O) groups is 1.